The van der Waals surface area contributed by atoms with Gasteiger partial charge in [-0.05, 0) is 37.8 Å². The lowest BCUT2D eigenvalue weighted by Crippen LogP contribution is -2.29. The second-order valence-electron chi connectivity index (χ2n) is 6.57. The van der Waals surface area contributed by atoms with E-state index in [1.54, 1.807) is 4.68 Å². The summed E-state index contributed by atoms with van der Waals surface area (Å²) >= 11 is 0. The van der Waals surface area contributed by atoms with Crippen molar-refractivity contribution >= 4 is 5.97 Å². The second kappa shape index (κ2) is 8.17. The Labute approximate surface area is 127 Å². The lowest BCUT2D eigenvalue weighted by molar-refractivity contribution is 0.0694. The third kappa shape index (κ3) is 5.87. The second-order valence-corrected chi connectivity index (χ2v) is 6.57. The Balaban J connectivity index is 2.79. The minimum absolute atomic E-state index is 0.316. The van der Waals surface area contributed by atoms with Gasteiger partial charge in [0.1, 0.15) is 5.56 Å². The van der Waals surface area contributed by atoms with Gasteiger partial charge in [-0.25, -0.2) is 4.79 Å². The summed E-state index contributed by atoms with van der Waals surface area (Å²) in [6.45, 7) is 11.5. The first-order valence-corrected chi connectivity index (χ1v) is 7.77. The van der Waals surface area contributed by atoms with Crippen LogP contribution < -0.4 is 0 Å². The van der Waals surface area contributed by atoms with Crippen LogP contribution in [0.25, 0.3) is 0 Å². The number of carboxylic acid groups (broad SMARTS) is 1. The van der Waals surface area contributed by atoms with Crippen molar-refractivity contribution in [3.63, 3.8) is 0 Å². The number of aromatic nitrogens is 2. The molecule has 1 N–H and O–H groups in total. The smallest absolute Gasteiger partial charge is 0.339 e. The first-order chi connectivity index (χ1) is 9.81. The molecule has 0 saturated heterocycles. The van der Waals surface area contributed by atoms with Crippen molar-refractivity contribution in [3.8, 4) is 0 Å². The van der Waals surface area contributed by atoms with Gasteiger partial charge in [0.2, 0.25) is 0 Å². The van der Waals surface area contributed by atoms with Crippen molar-refractivity contribution in [3.05, 3.63) is 17.5 Å². The molecular weight excluding hydrogens is 266 g/mol. The maximum atomic E-state index is 11.3. The van der Waals surface area contributed by atoms with E-state index in [0.717, 1.165) is 31.6 Å². The highest BCUT2D eigenvalue weighted by Crippen LogP contribution is 2.14. The van der Waals surface area contributed by atoms with Crippen molar-refractivity contribution in [2.75, 3.05) is 13.1 Å². The van der Waals surface area contributed by atoms with Gasteiger partial charge in [-0.3, -0.25) is 9.58 Å². The van der Waals surface area contributed by atoms with E-state index < -0.39 is 5.97 Å². The summed E-state index contributed by atoms with van der Waals surface area (Å²) in [5.74, 6) is 0.403. The van der Waals surface area contributed by atoms with E-state index in [9.17, 15) is 9.90 Å². The molecule has 0 spiro atoms. The molecule has 0 bridgehead atoms. The molecule has 1 aromatic rings. The third-order valence-corrected chi connectivity index (χ3v) is 3.71. The molecule has 5 heteroatoms. The Morgan fingerprint density at radius 1 is 1.24 bits per heavy atom. The van der Waals surface area contributed by atoms with E-state index in [0.29, 0.717) is 23.9 Å². The summed E-state index contributed by atoms with van der Waals surface area (Å²) in [7, 11) is 1.81. The van der Waals surface area contributed by atoms with Crippen LogP contribution in [0.5, 0.6) is 0 Å². The zero-order chi connectivity index (χ0) is 16.0. The summed E-state index contributed by atoms with van der Waals surface area (Å²) < 4.78 is 1.68. The van der Waals surface area contributed by atoms with Gasteiger partial charge in [-0.15, -0.1) is 0 Å². The molecule has 0 atom stereocenters. The number of carboxylic acids is 1. The van der Waals surface area contributed by atoms with Gasteiger partial charge in [-0.2, -0.15) is 5.10 Å². The number of hydrogen-bond acceptors (Lipinski definition) is 3. The van der Waals surface area contributed by atoms with Crippen LogP contribution in [0.3, 0.4) is 0 Å². The SMILES string of the molecule is CC(C)CCN(CCC(C)C)Cc1c(C(=O)O)cnn1C. The number of carbonyl (C=O) groups is 1. The van der Waals surface area contributed by atoms with Gasteiger partial charge < -0.3 is 5.11 Å². The van der Waals surface area contributed by atoms with Crippen LogP contribution in [0.1, 0.15) is 56.6 Å². The van der Waals surface area contributed by atoms with Gasteiger partial charge in [0.15, 0.2) is 0 Å². The molecule has 0 aliphatic carbocycles. The summed E-state index contributed by atoms with van der Waals surface area (Å²) in [4.78, 5) is 13.6. The Morgan fingerprint density at radius 2 is 1.76 bits per heavy atom. The van der Waals surface area contributed by atoms with E-state index in [4.69, 9.17) is 0 Å². The van der Waals surface area contributed by atoms with E-state index in [-0.39, 0.29) is 0 Å². The number of hydrogen-bond donors (Lipinski definition) is 1. The Hall–Kier alpha value is -1.36. The fourth-order valence-corrected chi connectivity index (χ4v) is 2.19. The highest BCUT2D eigenvalue weighted by Gasteiger charge is 2.18. The van der Waals surface area contributed by atoms with Crippen LogP contribution in [0, 0.1) is 11.8 Å². The summed E-state index contributed by atoms with van der Waals surface area (Å²) in [6, 6.07) is 0. The zero-order valence-corrected chi connectivity index (χ0v) is 14.0. The maximum absolute atomic E-state index is 11.3. The third-order valence-electron chi connectivity index (χ3n) is 3.71. The van der Waals surface area contributed by atoms with E-state index >= 15 is 0 Å². The Kier molecular flexibility index (Phi) is 6.89. The number of rotatable bonds is 9. The molecule has 0 saturated carbocycles. The van der Waals surface area contributed by atoms with Crippen LogP contribution in [-0.2, 0) is 13.6 Å². The molecule has 0 fully saturated rings. The molecular formula is C16H29N3O2. The first kappa shape index (κ1) is 17.7. The minimum Gasteiger partial charge on any atom is -0.478 e. The molecule has 1 heterocycles. The standard InChI is InChI=1S/C16H29N3O2/c1-12(2)6-8-19(9-7-13(3)4)11-15-14(16(20)21)10-17-18(15)5/h10,12-13H,6-9,11H2,1-5H3,(H,20,21). The normalized spacial score (nSPS) is 11.8. The van der Waals surface area contributed by atoms with Gasteiger partial charge in [0.05, 0.1) is 11.9 Å². The minimum atomic E-state index is -0.897. The molecule has 0 radical (unpaired) electrons. The van der Waals surface area contributed by atoms with Crippen molar-refractivity contribution < 1.29 is 9.90 Å². The molecule has 0 aliphatic rings. The van der Waals surface area contributed by atoms with E-state index in [1.807, 2.05) is 7.05 Å². The van der Waals surface area contributed by atoms with Crippen molar-refractivity contribution in [1.29, 1.82) is 0 Å². The summed E-state index contributed by atoms with van der Waals surface area (Å²) in [6.07, 6.45) is 3.69. The maximum Gasteiger partial charge on any atom is 0.339 e. The van der Waals surface area contributed by atoms with Gasteiger partial charge >= 0.3 is 5.97 Å². The predicted molar refractivity (Wildman–Crippen MR) is 84.4 cm³/mol. The Morgan fingerprint density at radius 3 is 2.19 bits per heavy atom. The van der Waals surface area contributed by atoms with Crippen LogP contribution in [0.15, 0.2) is 6.20 Å². The van der Waals surface area contributed by atoms with Crippen molar-refractivity contribution in [2.45, 2.75) is 47.1 Å². The fraction of sp³-hybridized carbons (Fsp3) is 0.750. The lowest BCUT2D eigenvalue weighted by atomic mass is 10.1. The quantitative estimate of drug-likeness (QED) is 0.761. The molecule has 0 aromatic carbocycles. The molecule has 0 aliphatic heterocycles. The van der Waals surface area contributed by atoms with Gasteiger partial charge in [-0.1, -0.05) is 27.7 Å². The van der Waals surface area contributed by atoms with Crippen LogP contribution in [-0.4, -0.2) is 38.8 Å². The van der Waals surface area contributed by atoms with Gasteiger partial charge in [0, 0.05) is 13.6 Å². The monoisotopic (exact) mass is 295 g/mol. The molecule has 0 unspecified atom stereocenters. The van der Waals surface area contributed by atoms with Gasteiger partial charge in [0.25, 0.3) is 0 Å². The topological polar surface area (TPSA) is 58.4 Å². The van der Waals surface area contributed by atoms with Crippen LogP contribution in [0.4, 0.5) is 0 Å². The first-order valence-electron chi connectivity index (χ1n) is 7.77. The highest BCUT2D eigenvalue weighted by molar-refractivity contribution is 5.88. The highest BCUT2D eigenvalue weighted by atomic mass is 16.4. The molecule has 21 heavy (non-hydrogen) atoms. The Bertz CT molecular complexity index is 440. The molecule has 120 valence electrons. The average Bonchev–Trinajstić information content (AvgIpc) is 2.74. The number of nitrogens with zero attached hydrogens (tertiary/aromatic N) is 3. The summed E-state index contributed by atoms with van der Waals surface area (Å²) in [5, 5.41) is 13.3. The molecule has 1 aromatic heterocycles. The van der Waals surface area contributed by atoms with Crippen molar-refractivity contribution in [2.24, 2.45) is 18.9 Å². The largest absolute Gasteiger partial charge is 0.478 e. The molecule has 5 nitrogen and oxygen atoms in total. The summed E-state index contributed by atoms with van der Waals surface area (Å²) in [5.41, 5.74) is 1.10. The fourth-order valence-electron chi connectivity index (χ4n) is 2.19. The van der Waals surface area contributed by atoms with Crippen LogP contribution >= 0.6 is 0 Å². The lowest BCUT2D eigenvalue weighted by Gasteiger charge is -2.24. The van der Waals surface area contributed by atoms with E-state index in [1.165, 1.54) is 6.20 Å². The molecule has 1 rings (SSSR count). The van der Waals surface area contributed by atoms with E-state index in [2.05, 4.69) is 37.7 Å². The predicted octanol–water partition coefficient (Wildman–Crippen LogP) is 3.01. The zero-order valence-electron chi connectivity index (χ0n) is 14.0. The van der Waals surface area contributed by atoms with Crippen molar-refractivity contribution in [1.82, 2.24) is 14.7 Å². The molecule has 0 amide bonds. The number of aromatic carboxylic acids is 1. The number of aryl methyl sites for hydroxylation is 1. The van der Waals surface area contributed by atoms with Crippen LogP contribution in [0.2, 0.25) is 0 Å². The average molecular weight is 295 g/mol.